The standard InChI is InChI=1S/C15H24N2O/c1-18-15-7-6-13(5-4-8-16)11-14(15)12-17-9-2-3-10-17/h6-7,11H,2-5,8-10,12,16H2,1H3. The average molecular weight is 248 g/mol. The molecule has 18 heavy (non-hydrogen) atoms. The van der Waals surface area contributed by atoms with Gasteiger partial charge in [-0.1, -0.05) is 12.1 Å². The van der Waals surface area contributed by atoms with E-state index in [0.717, 1.165) is 31.7 Å². The quantitative estimate of drug-likeness (QED) is 0.838. The van der Waals surface area contributed by atoms with Gasteiger partial charge in [0.05, 0.1) is 7.11 Å². The molecule has 1 saturated heterocycles. The van der Waals surface area contributed by atoms with Gasteiger partial charge in [-0.3, -0.25) is 4.90 Å². The van der Waals surface area contributed by atoms with E-state index in [1.165, 1.54) is 37.1 Å². The predicted molar refractivity (Wildman–Crippen MR) is 74.9 cm³/mol. The third kappa shape index (κ3) is 3.47. The lowest BCUT2D eigenvalue weighted by Gasteiger charge is -2.17. The van der Waals surface area contributed by atoms with Crippen LogP contribution in [0.5, 0.6) is 5.75 Å². The van der Waals surface area contributed by atoms with Crippen LogP contribution in [-0.4, -0.2) is 31.6 Å². The van der Waals surface area contributed by atoms with Crippen LogP contribution in [0, 0.1) is 0 Å². The summed E-state index contributed by atoms with van der Waals surface area (Å²) >= 11 is 0. The van der Waals surface area contributed by atoms with E-state index in [1.54, 1.807) is 7.11 Å². The second kappa shape index (κ2) is 6.76. The first-order valence-corrected chi connectivity index (χ1v) is 6.91. The summed E-state index contributed by atoms with van der Waals surface area (Å²) < 4.78 is 5.46. The smallest absolute Gasteiger partial charge is 0.123 e. The summed E-state index contributed by atoms with van der Waals surface area (Å²) in [4.78, 5) is 2.50. The first-order valence-electron chi connectivity index (χ1n) is 6.91. The van der Waals surface area contributed by atoms with Crippen LogP contribution < -0.4 is 10.5 Å². The highest BCUT2D eigenvalue weighted by Crippen LogP contribution is 2.23. The SMILES string of the molecule is COc1ccc(CCCN)cc1CN1CCCC1. The highest BCUT2D eigenvalue weighted by atomic mass is 16.5. The molecule has 3 heteroatoms. The van der Waals surface area contributed by atoms with E-state index < -0.39 is 0 Å². The number of aryl methyl sites for hydroxylation is 1. The minimum Gasteiger partial charge on any atom is -0.496 e. The number of ether oxygens (including phenoxy) is 1. The molecule has 1 heterocycles. The Morgan fingerprint density at radius 1 is 1.28 bits per heavy atom. The first-order chi connectivity index (χ1) is 8.83. The largest absolute Gasteiger partial charge is 0.496 e. The molecule has 2 N–H and O–H groups in total. The van der Waals surface area contributed by atoms with Crippen LogP contribution in [0.3, 0.4) is 0 Å². The second-order valence-electron chi connectivity index (χ2n) is 5.02. The molecule has 1 aliphatic heterocycles. The third-order valence-corrected chi connectivity index (χ3v) is 3.61. The molecule has 0 aliphatic carbocycles. The summed E-state index contributed by atoms with van der Waals surface area (Å²) in [6, 6.07) is 6.53. The molecule has 1 fully saturated rings. The lowest BCUT2D eigenvalue weighted by atomic mass is 10.0. The molecule has 2 rings (SSSR count). The minimum atomic E-state index is 0.757. The Morgan fingerprint density at radius 3 is 2.72 bits per heavy atom. The van der Waals surface area contributed by atoms with Crippen LogP contribution in [0.4, 0.5) is 0 Å². The van der Waals surface area contributed by atoms with Gasteiger partial charge in [0.2, 0.25) is 0 Å². The zero-order valence-electron chi connectivity index (χ0n) is 11.3. The van der Waals surface area contributed by atoms with Crippen molar-refractivity contribution in [3.8, 4) is 5.75 Å². The summed E-state index contributed by atoms with van der Waals surface area (Å²) in [7, 11) is 1.75. The van der Waals surface area contributed by atoms with E-state index in [0.29, 0.717) is 0 Å². The van der Waals surface area contributed by atoms with Gasteiger partial charge in [0.15, 0.2) is 0 Å². The van der Waals surface area contributed by atoms with E-state index in [2.05, 4.69) is 23.1 Å². The average Bonchev–Trinajstić information content (AvgIpc) is 2.89. The van der Waals surface area contributed by atoms with E-state index in [9.17, 15) is 0 Å². The van der Waals surface area contributed by atoms with Crippen LogP contribution in [-0.2, 0) is 13.0 Å². The zero-order valence-corrected chi connectivity index (χ0v) is 11.3. The molecule has 0 radical (unpaired) electrons. The zero-order chi connectivity index (χ0) is 12.8. The van der Waals surface area contributed by atoms with Gasteiger partial charge < -0.3 is 10.5 Å². The van der Waals surface area contributed by atoms with Crippen molar-refractivity contribution in [1.29, 1.82) is 0 Å². The van der Waals surface area contributed by atoms with Crippen molar-refractivity contribution in [2.24, 2.45) is 5.73 Å². The third-order valence-electron chi connectivity index (χ3n) is 3.61. The Morgan fingerprint density at radius 2 is 2.06 bits per heavy atom. The molecule has 1 aliphatic rings. The maximum atomic E-state index is 5.57. The molecule has 0 aromatic heterocycles. The van der Waals surface area contributed by atoms with Crippen molar-refractivity contribution in [2.75, 3.05) is 26.7 Å². The van der Waals surface area contributed by atoms with Crippen molar-refractivity contribution in [3.05, 3.63) is 29.3 Å². The van der Waals surface area contributed by atoms with Crippen LogP contribution in [0.2, 0.25) is 0 Å². The fraction of sp³-hybridized carbons (Fsp3) is 0.600. The van der Waals surface area contributed by atoms with Crippen LogP contribution in [0.25, 0.3) is 0 Å². The number of benzene rings is 1. The highest BCUT2D eigenvalue weighted by molar-refractivity contribution is 5.37. The molecular formula is C15H24N2O. The van der Waals surface area contributed by atoms with Gasteiger partial charge in [0.25, 0.3) is 0 Å². The lowest BCUT2D eigenvalue weighted by Crippen LogP contribution is -2.19. The number of hydrogen-bond acceptors (Lipinski definition) is 3. The van der Waals surface area contributed by atoms with E-state index in [-0.39, 0.29) is 0 Å². The Kier molecular flexibility index (Phi) is 5.02. The molecule has 0 amide bonds. The molecule has 1 aromatic rings. The number of rotatable bonds is 6. The number of methoxy groups -OCH3 is 1. The summed E-state index contributed by atoms with van der Waals surface area (Å²) in [5.41, 5.74) is 8.25. The van der Waals surface area contributed by atoms with Crippen molar-refractivity contribution in [2.45, 2.75) is 32.2 Å². The van der Waals surface area contributed by atoms with Crippen molar-refractivity contribution in [3.63, 3.8) is 0 Å². The number of likely N-dealkylation sites (tertiary alicyclic amines) is 1. The van der Waals surface area contributed by atoms with Gasteiger partial charge in [-0.15, -0.1) is 0 Å². The van der Waals surface area contributed by atoms with Gasteiger partial charge >= 0.3 is 0 Å². The molecule has 1 aromatic carbocycles. The molecule has 100 valence electrons. The molecule has 0 spiro atoms. The van der Waals surface area contributed by atoms with Gasteiger partial charge in [-0.05, 0) is 56.9 Å². The Labute approximate surface area is 110 Å². The van der Waals surface area contributed by atoms with E-state index in [4.69, 9.17) is 10.5 Å². The molecule has 0 saturated carbocycles. The highest BCUT2D eigenvalue weighted by Gasteiger charge is 2.14. The van der Waals surface area contributed by atoms with Crippen molar-refractivity contribution < 1.29 is 4.74 Å². The van der Waals surface area contributed by atoms with E-state index >= 15 is 0 Å². The molecule has 0 unspecified atom stereocenters. The Balaban J connectivity index is 2.08. The monoisotopic (exact) mass is 248 g/mol. The minimum absolute atomic E-state index is 0.757. The van der Waals surface area contributed by atoms with Crippen LogP contribution >= 0.6 is 0 Å². The molecule has 0 atom stereocenters. The maximum absolute atomic E-state index is 5.57. The lowest BCUT2D eigenvalue weighted by molar-refractivity contribution is 0.320. The van der Waals surface area contributed by atoms with E-state index in [1.807, 2.05) is 0 Å². The summed E-state index contributed by atoms with van der Waals surface area (Å²) in [6.45, 7) is 4.21. The number of nitrogens with zero attached hydrogens (tertiary/aromatic N) is 1. The second-order valence-corrected chi connectivity index (χ2v) is 5.02. The fourth-order valence-corrected chi connectivity index (χ4v) is 2.60. The van der Waals surface area contributed by atoms with Gasteiger partial charge in [0.1, 0.15) is 5.75 Å². The predicted octanol–water partition coefficient (Wildman–Crippen LogP) is 2.18. The number of hydrogen-bond donors (Lipinski definition) is 1. The van der Waals surface area contributed by atoms with Crippen molar-refractivity contribution >= 4 is 0 Å². The summed E-state index contributed by atoms with van der Waals surface area (Å²) in [5, 5.41) is 0. The maximum Gasteiger partial charge on any atom is 0.123 e. The Bertz CT molecular complexity index is 373. The molecular weight excluding hydrogens is 224 g/mol. The van der Waals surface area contributed by atoms with Crippen LogP contribution in [0.15, 0.2) is 18.2 Å². The molecule has 0 bridgehead atoms. The van der Waals surface area contributed by atoms with Gasteiger partial charge in [-0.2, -0.15) is 0 Å². The topological polar surface area (TPSA) is 38.5 Å². The van der Waals surface area contributed by atoms with Gasteiger partial charge in [0, 0.05) is 12.1 Å². The van der Waals surface area contributed by atoms with Crippen molar-refractivity contribution in [1.82, 2.24) is 4.90 Å². The molecule has 3 nitrogen and oxygen atoms in total. The summed E-state index contributed by atoms with van der Waals surface area (Å²) in [5.74, 6) is 1.01. The summed E-state index contributed by atoms with van der Waals surface area (Å²) in [6.07, 6.45) is 4.77. The first kappa shape index (κ1) is 13.4. The normalized spacial score (nSPS) is 16.1. The fourth-order valence-electron chi connectivity index (χ4n) is 2.60. The number of nitrogens with two attached hydrogens (primary N) is 1. The Hall–Kier alpha value is -1.06. The van der Waals surface area contributed by atoms with Gasteiger partial charge in [-0.25, -0.2) is 0 Å². The van der Waals surface area contributed by atoms with Crippen LogP contribution in [0.1, 0.15) is 30.4 Å².